The van der Waals surface area contributed by atoms with Gasteiger partial charge in [-0.25, -0.2) is 0 Å². The molecule has 1 amide bonds. The number of benzene rings is 1. The van der Waals surface area contributed by atoms with Crippen LogP contribution in [0.5, 0.6) is 0 Å². The molecular formula is C23H26ClN3O2. The van der Waals surface area contributed by atoms with Gasteiger partial charge in [0.2, 0.25) is 0 Å². The van der Waals surface area contributed by atoms with Crippen LogP contribution >= 0.6 is 11.6 Å². The van der Waals surface area contributed by atoms with Gasteiger partial charge in [-0.05, 0) is 63.6 Å². The van der Waals surface area contributed by atoms with E-state index in [1.165, 1.54) is 0 Å². The van der Waals surface area contributed by atoms with Crippen molar-refractivity contribution >= 4 is 28.4 Å². The minimum absolute atomic E-state index is 0.0564. The smallest absolute Gasteiger partial charge is 0.251 e. The summed E-state index contributed by atoms with van der Waals surface area (Å²) in [4.78, 5) is 20.3. The Balaban J connectivity index is 1.44. The molecule has 0 atom stereocenters. The molecule has 5 nitrogen and oxygen atoms in total. The number of nitrogens with one attached hydrogen (secondary N) is 2. The van der Waals surface area contributed by atoms with Gasteiger partial charge < -0.3 is 15.4 Å². The molecule has 3 aromatic rings. The average Bonchev–Trinajstić information content (AvgIpc) is 3.19. The van der Waals surface area contributed by atoms with Crippen molar-refractivity contribution in [3.63, 3.8) is 0 Å². The zero-order valence-corrected chi connectivity index (χ0v) is 17.5. The summed E-state index contributed by atoms with van der Waals surface area (Å²) >= 11 is 6.19. The van der Waals surface area contributed by atoms with Crippen molar-refractivity contribution in [2.45, 2.75) is 51.2 Å². The average molecular weight is 412 g/mol. The van der Waals surface area contributed by atoms with Gasteiger partial charge in [-0.1, -0.05) is 23.7 Å². The van der Waals surface area contributed by atoms with Crippen LogP contribution in [0.15, 0.2) is 42.7 Å². The molecule has 0 spiro atoms. The first-order valence-electron chi connectivity index (χ1n) is 10.1. The minimum atomic E-state index is -0.647. The number of hydrogen-bond donors (Lipinski definition) is 3. The molecule has 0 unspecified atom stereocenters. The van der Waals surface area contributed by atoms with Crippen LogP contribution in [0.3, 0.4) is 0 Å². The maximum Gasteiger partial charge on any atom is 0.251 e. The molecule has 4 rings (SSSR count). The summed E-state index contributed by atoms with van der Waals surface area (Å²) in [6.07, 6.45) is 7.15. The second kappa shape index (κ2) is 7.81. The number of fused-ring (bicyclic) bond motifs is 1. The fraction of sp³-hybridized carbons (Fsp3) is 0.391. The zero-order chi connectivity index (χ0) is 20.6. The maximum atomic E-state index is 12.7. The van der Waals surface area contributed by atoms with Gasteiger partial charge in [0.25, 0.3) is 5.91 Å². The molecule has 29 heavy (non-hydrogen) atoms. The second-order valence-electron chi connectivity index (χ2n) is 8.47. The number of pyridine rings is 1. The molecule has 1 aliphatic carbocycles. The van der Waals surface area contributed by atoms with Gasteiger partial charge in [-0.15, -0.1) is 0 Å². The van der Waals surface area contributed by atoms with Crippen molar-refractivity contribution in [3.8, 4) is 11.3 Å². The Labute approximate surface area is 175 Å². The van der Waals surface area contributed by atoms with Crippen molar-refractivity contribution in [2.24, 2.45) is 5.92 Å². The number of hydrogen-bond acceptors (Lipinski definition) is 3. The van der Waals surface area contributed by atoms with Crippen LogP contribution in [0.4, 0.5) is 0 Å². The van der Waals surface area contributed by atoms with E-state index in [4.69, 9.17) is 11.6 Å². The van der Waals surface area contributed by atoms with Crippen molar-refractivity contribution in [3.05, 3.63) is 53.3 Å². The fourth-order valence-corrected chi connectivity index (χ4v) is 4.45. The normalized spacial score (nSPS) is 20.0. The summed E-state index contributed by atoms with van der Waals surface area (Å²) in [5, 5.41) is 14.9. The summed E-state index contributed by atoms with van der Waals surface area (Å²) in [5.41, 5.74) is 2.62. The first-order chi connectivity index (χ1) is 13.8. The molecule has 2 aromatic heterocycles. The number of aromatic amines is 1. The Kier molecular flexibility index (Phi) is 5.36. The number of H-pyrrole nitrogens is 1. The van der Waals surface area contributed by atoms with E-state index in [1.54, 1.807) is 6.20 Å². The summed E-state index contributed by atoms with van der Waals surface area (Å²) in [7, 11) is 0. The van der Waals surface area contributed by atoms with Gasteiger partial charge in [-0.3, -0.25) is 9.78 Å². The van der Waals surface area contributed by atoms with E-state index < -0.39 is 5.60 Å². The molecule has 152 valence electrons. The van der Waals surface area contributed by atoms with E-state index in [1.807, 2.05) is 50.4 Å². The van der Waals surface area contributed by atoms with Crippen LogP contribution in [0.2, 0.25) is 5.02 Å². The van der Waals surface area contributed by atoms with Gasteiger partial charge in [0.1, 0.15) is 0 Å². The van der Waals surface area contributed by atoms with E-state index in [2.05, 4.69) is 15.3 Å². The van der Waals surface area contributed by atoms with Gasteiger partial charge in [0.05, 0.1) is 21.8 Å². The van der Waals surface area contributed by atoms with Crippen LogP contribution in [0.25, 0.3) is 22.2 Å². The Morgan fingerprint density at radius 3 is 2.52 bits per heavy atom. The van der Waals surface area contributed by atoms with Gasteiger partial charge in [0, 0.05) is 34.9 Å². The van der Waals surface area contributed by atoms with Gasteiger partial charge in [0.15, 0.2) is 0 Å². The van der Waals surface area contributed by atoms with E-state index >= 15 is 0 Å². The van der Waals surface area contributed by atoms with E-state index in [9.17, 15) is 9.90 Å². The van der Waals surface area contributed by atoms with E-state index in [-0.39, 0.29) is 11.9 Å². The minimum Gasteiger partial charge on any atom is -0.390 e. The van der Waals surface area contributed by atoms with Crippen LogP contribution in [0.1, 0.15) is 49.9 Å². The molecule has 0 bridgehead atoms. The van der Waals surface area contributed by atoms with E-state index in [0.29, 0.717) is 16.5 Å². The number of halogens is 1. The third kappa shape index (κ3) is 4.16. The highest BCUT2D eigenvalue weighted by Crippen LogP contribution is 2.33. The Morgan fingerprint density at radius 2 is 1.86 bits per heavy atom. The molecule has 3 N–H and O–H groups in total. The van der Waals surface area contributed by atoms with Crippen LogP contribution in [0, 0.1) is 5.92 Å². The molecule has 0 radical (unpaired) electrons. The van der Waals surface area contributed by atoms with Gasteiger partial charge in [-0.2, -0.15) is 0 Å². The highest BCUT2D eigenvalue weighted by atomic mass is 35.5. The summed E-state index contributed by atoms with van der Waals surface area (Å²) in [5.74, 6) is 0.242. The number of rotatable bonds is 4. The first kappa shape index (κ1) is 19.9. The molecular weight excluding hydrogens is 386 g/mol. The fourth-order valence-electron chi connectivity index (χ4n) is 4.24. The van der Waals surface area contributed by atoms with Crippen molar-refractivity contribution in [1.82, 2.24) is 15.3 Å². The number of aliphatic hydroxyl groups is 1. The largest absolute Gasteiger partial charge is 0.390 e. The number of carbonyl (C=O) groups excluding carboxylic acids is 1. The first-order valence-corrected chi connectivity index (χ1v) is 10.5. The lowest BCUT2D eigenvalue weighted by Gasteiger charge is -2.36. The predicted octanol–water partition coefficient (Wildman–Crippen LogP) is 4.94. The highest BCUT2D eigenvalue weighted by Gasteiger charge is 2.31. The SMILES string of the molecule is CC(C)(O)[C@H]1CC[C@H](NC(=O)c2ccc(-c3ncc(Cl)c4[nH]ccc34)cc2)CC1. The number of amides is 1. The third-order valence-corrected chi connectivity index (χ3v) is 6.32. The molecule has 6 heteroatoms. The molecule has 2 heterocycles. The highest BCUT2D eigenvalue weighted by molar-refractivity contribution is 6.35. The van der Waals surface area contributed by atoms with Gasteiger partial charge >= 0.3 is 0 Å². The Bertz CT molecular complexity index is 1010. The summed E-state index contributed by atoms with van der Waals surface area (Å²) < 4.78 is 0. The molecule has 1 fully saturated rings. The molecule has 1 saturated carbocycles. The maximum absolute atomic E-state index is 12.7. The Morgan fingerprint density at radius 1 is 1.17 bits per heavy atom. The van der Waals surface area contributed by atoms with E-state index in [0.717, 1.165) is 47.8 Å². The Hall–Kier alpha value is -2.37. The van der Waals surface area contributed by atoms with Crippen molar-refractivity contribution < 1.29 is 9.90 Å². The molecule has 1 aliphatic rings. The quantitative estimate of drug-likeness (QED) is 0.568. The lowest BCUT2D eigenvalue weighted by molar-refractivity contribution is -0.00257. The zero-order valence-electron chi connectivity index (χ0n) is 16.7. The van der Waals surface area contributed by atoms with Crippen molar-refractivity contribution in [2.75, 3.05) is 0 Å². The number of aromatic nitrogens is 2. The standard InChI is InChI=1S/C23H26ClN3O2/c1-23(2,29)16-7-9-17(10-8-16)27-22(28)15-5-3-14(4-6-15)20-18-11-12-25-21(18)19(24)13-26-20/h3-6,11-13,16-17,25,29H,7-10H2,1-2H3,(H,27,28)/t16-,17-. The molecule has 0 saturated heterocycles. The monoisotopic (exact) mass is 411 g/mol. The van der Waals surface area contributed by atoms with Crippen LogP contribution in [-0.4, -0.2) is 32.6 Å². The molecule has 0 aliphatic heterocycles. The predicted molar refractivity (Wildman–Crippen MR) is 116 cm³/mol. The number of carbonyl (C=O) groups is 1. The number of nitrogens with zero attached hydrogens (tertiary/aromatic N) is 1. The third-order valence-electron chi connectivity index (χ3n) is 6.03. The van der Waals surface area contributed by atoms with Crippen LogP contribution in [-0.2, 0) is 0 Å². The summed E-state index contributed by atoms with van der Waals surface area (Å²) in [6, 6.07) is 9.63. The lowest BCUT2D eigenvalue weighted by Crippen LogP contribution is -2.41. The molecule has 1 aromatic carbocycles. The van der Waals surface area contributed by atoms with Crippen molar-refractivity contribution in [1.29, 1.82) is 0 Å². The summed E-state index contributed by atoms with van der Waals surface area (Å²) in [6.45, 7) is 3.74. The lowest BCUT2D eigenvalue weighted by atomic mass is 9.77. The topological polar surface area (TPSA) is 78.0 Å². The van der Waals surface area contributed by atoms with Crippen LogP contribution < -0.4 is 5.32 Å². The second-order valence-corrected chi connectivity index (χ2v) is 8.88.